The number of hydrogen-bond acceptors (Lipinski definition) is 3. The lowest BCUT2D eigenvalue weighted by Gasteiger charge is -2.22. The van der Waals surface area contributed by atoms with Crippen LogP contribution in [0.25, 0.3) is 0 Å². The Morgan fingerprint density at radius 1 is 1.36 bits per heavy atom. The van der Waals surface area contributed by atoms with E-state index in [1.807, 2.05) is 23.7 Å². The van der Waals surface area contributed by atoms with Crippen molar-refractivity contribution < 1.29 is 0 Å². The molecule has 1 aliphatic heterocycles. The first-order chi connectivity index (χ1) is 13.6. The van der Waals surface area contributed by atoms with Gasteiger partial charge in [0.05, 0.1) is 0 Å². The van der Waals surface area contributed by atoms with Crippen molar-refractivity contribution in [1.29, 1.82) is 0 Å². The Bertz CT molecular complexity index is 872. The van der Waals surface area contributed by atoms with Crippen molar-refractivity contribution in [2.45, 2.75) is 52.2 Å². The van der Waals surface area contributed by atoms with Gasteiger partial charge in [-0.15, -0.1) is 0 Å². The van der Waals surface area contributed by atoms with Gasteiger partial charge >= 0.3 is 5.69 Å². The molecule has 7 nitrogen and oxygen atoms in total. The summed E-state index contributed by atoms with van der Waals surface area (Å²) in [5.41, 5.74) is 1.24. The highest BCUT2D eigenvalue weighted by Crippen LogP contribution is 2.17. The molecule has 3 rings (SSSR count). The largest absolute Gasteiger partial charge is 0.357 e. The van der Waals surface area contributed by atoms with E-state index in [1.54, 1.807) is 4.68 Å². The van der Waals surface area contributed by atoms with Crippen LogP contribution in [0.4, 0.5) is 0 Å². The van der Waals surface area contributed by atoms with Crippen LogP contribution in [0.5, 0.6) is 0 Å². The highest BCUT2D eigenvalue weighted by atomic mass is 79.9. The Morgan fingerprint density at radius 2 is 2.18 bits per heavy atom. The average Bonchev–Trinajstić information content (AvgIpc) is 3.02. The molecule has 2 heterocycles. The molecular weight excluding hydrogens is 420 g/mol. The third-order valence-electron chi connectivity index (χ3n) is 4.88. The van der Waals surface area contributed by atoms with E-state index in [9.17, 15) is 4.79 Å². The molecule has 0 saturated heterocycles. The first kappa shape index (κ1) is 20.6. The van der Waals surface area contributed by atoms with E-state index in [0.29, 0.717) is 13.1 Å². The van der Waals surface area contributed by atoms with Crippen molar-refractivity contribution in [3.8, 4) is 0 Å². The van der Waals surface area contributed by atoms with Crippen molar-refractivity contribution in [2.24, 2.45) is 4.99 Å². The first-order valence-corrected chi connectivity index (χ1v) is 10.8. The van der Waals surface area contributed by atoms with Gasteiger partial charge in [0, 0.05) is 50.7 Å². The van der Waals surface area contributed by atoms with Crippen LogP contribution in [-0.2, 0) is 26.1 Å². The van der Waals surface area contributed by atoms with Gasteiger partial charge in [0.25, 0.3) is 0 Å². The molecule has 2 aromatic rings. The van der Waals surface area contributed by atoms with E-state index < -0.39 is 0 Å². The van der Waals surface area contributed by atoms with Crippen LogP contribution in [-0.4, -0.2) is 45.3 Å². The lowest BCUT2D eigenvalue weighted by molar-refractivity contribution is 0.473. The molecule has 0 bridgehead atoms. The first-order valence-electron chi connectivity index (χ1n) is 9.99. The van der Waals surface area contributed by atoms with Crippen molar-refractivity contribution in [3.05, 3.63) is 50.6 Å². The number of benzene rings is 1. The van der Waals surface area contributed by atoms with Crippen molar-refractivity contribution in [2.75, 3.05) is 20.1 Å². The van der Waals surface area contributed by atoms with Gasteiger partial charge in [0.2, 0.25) is 0 Å². The van der Waals surface area contributed by atoms with Gasteiger partial charge in [-0.25, -0.2) is 9.48 Å². The molecule has 1 aliphatic rings. The highest BCUT2D eigenvalue weighted by molar-refractivity contribution is 9.10. The molecule has 0 atom stereocenters. The maximum Gasteiger partial charge on any atom is 0.345 e. The molecule has 8 heteroatoms. The molecule has 1 aromatic heterocycles. The van der Waals surface area contributed by atoms with E-state index in [0.717, 1.165) is 61.6 Å². The van der Waals surface area contributed by atoms with Gasteiger partial charge in [0.1, 0.15) is 5.82 Å². The summed E-state index contributed by atoms with van der Waals surface area (Å²) in [6.45, 7) is 5.70. The van der Waals surface area contributed by atoms with Crippen LogP contribution < -0.4 is 11.0 Å². The van der Waals surface area contributed by atoms with Gasteiger partial charge < -0.3 is 10.2 Å². The number of halogens is 1. The van der Waals surface area contributed by atoms with Crippen LogP contribution in [0.1, 0.15) is 37.6 Å². The normalized spacial score (nSPS) is 14.0. The number of nitrogens with zero attached hydrogens (tertiary/aromatic N) is 5. The third kappa shape index (κ3) is 5.04. The van der Waals surface area contributed by atoms with E-state index in [2.05, 4.69) is 50.3 Å². The van der Waals surface area contributed by atoms with Gasteiger partial charge in [-0.05, 0) is 37.8 Å². The van der Waals surface area contributed by atoms with Gasteiger partial charge in [-0.2, -0.15) is 5.10 Å². The number of hydrogen-bond donors (Lipinski definition) is 1. The minimum absolute atomic E-state index is 0.0247. The second kappa shape index (κ2) is 9.91. The van der Waals surface area contributed by atoms with Crippen LogP contribution in [0, 0.1) is 0 Å². The summed E-state index contributed by atoms with van der Waals surface area (Å²) in [5, 5.41) is 7.84. The lowest BCUT2D eigenvalue weighted by atomic mass is 10.2. The smallest absolute Gasteiger partial charge is 0.345 e. The topological polar surface area (TPSA) is 67.5 Å². The van der Waals surface area contributed by atoms with E-state index in [1.165, 1.54) is 5.56 Å². The molecule has 0 radical (unpaired) electrons. The Morgan fingerprint density at radius 3 is 2.93 bits per heavy atom. The lowest BCUT2D eigenvalue weighted by Crippen LogP contribution is -2.38. The van der Waals surface area contributed by atoms with Gasteiger partial charge in [-0.1, -0.05) is 34.1 Å². The monoisotopic (exact) mass is 448 g/mol. The number of aryl methyl sites for hydroxylation is 2. The molecule has 0 aliphatic carbocycles. The molecule has 1 aromatic carbocycles. The maximum absolute atomic E-state index is 12.4. The quantitative estimate of drug-likeness (QED) is 0.401. The zero-order valence-corrected chi connectivity index (χ0v) is 18.3. The minimum atomic E-state index is 0.0247. The van der Waals surface area contributed by atoms with E-state index in [-0.39, 0.29) is 5.69 Å². The molecular formula is C20H29BrN6O. The van der Waals surface area contributed by atoms with E-state index in [4.69, 9.17) is 4.99 Å². The fraction of sp³-hybridized carbons (Fsp3) is 0.550. The third-order valence-corrected chi connectivity index (χ3v) is 5.66. The Hall–Kier alpha value is -2.09. The minimum Gasteiger partial charge on any atom is -0.357 e. The molecule has 0 unspecified atom stereocenters. The van der Waals surface area contributed by atoms with Crippen LogP contribution in [0.2, 0.25) is 0 Å². The van der Waals surface area contributed by atoms with Crippen molar-refractivity contribution >= 4 is 21.9 Å². The molecule has 0 saturated carbocycles. The zero-order chi connectivity index (χ0) is 19.9. The summed E-state index contributed by atoms with van der Waals surface area (Å²) < 4.78 is 4.52. The molecule has 0 amide bonds. The Labute approximate surface area is 174 Å². The van der Waals surface area contributed by atoms with Crippen LogP contribution in [0.3, 0.4) is 0 Å². The summed E-state index contributed by atoms with van der Waals surface area (Å²) in [5.74, 6) is 1.80. The predicted octanol–water partition coefficient (Wildman–Crippen LogP) is 2.63. The summed E-state index contributed by atoms with van der Waals surface area (Å²) in [6.07, 6.45) is 3.88. The highest BCUT2D eigenvalue weighted by Gasteiger charge is 2.16. The number of fused-ring (bicyclic) bond motifs is 1. The molecule has 1 N–H and O–H groups in total. The SMILES string of the molecule is CCNC(=NCCCn1nc2n(c1=O)CCCC2)N(C)Cc1ccccc1Br. The van der Waals surface area contributed by atoms with Crippen LogP contribution >= 0.6 is 15.9 Å². The second-order valence-electron chi connectivity index (χ2n) is 7.07. The van der Waals surface area contributed by atoms with E-state index >= 15 is 0 Å². The molecule has 0 fully saturated rings. The fourth-order valence-electron chi connectivity index (χ4n) is 3.43. The molecule has 28 heavy (non-hydrogen) atoms. The standard InChI is InChI=1S/C20H29BrN6O/c1-3-22-19(25(2)15-16-9-4-5-10-17(16)21)23-12-8-14-27-20(28)26-13-7-6-11-18(26)24-27/h4-5,9-10H,3,6-8,11-15H2,1-2H3,(H,22,23). The summed E-state index contributed by atoms with van der Waals surface area (Å²) in [6, 6.07) is 8.22. The van der Waals surface area contributed by atoms with Gasteiger partial charge in [0.15, 0.2) is 5.96 Å². The Balaban J connectivity index is 1.58. The van der Waals surface area contributed by atoms with Gasteiger partial charge in [-0.3, -0.25) is 9.56 Å². The maximum atomic E-state index is 12.4. The average molecular weight is 449 g/mol. The fourth-order valence-corrected chi connectivity index (χ4v) is 3.84. The number of rotatable bonds is 7. The number of guanidine groups is 1. The van der Waals surface area contributed by atoms with Crippen LogP contribution in [0.15, 0.2) is 38.5 Å². The summed E-state index contributed by atoms with van der Waals surface area (Å²) >= 11 is 3.61. The van der Waals surface area contributed by atoms with Crippen molar-refractivity contribution in [3.63, 3.8) is 0 Å². The number of aromatic nitrogens is 3. The summed E-state index contributed by atoms with van der Waals surface area (Å²) in [4.78, 5) is 19.2. The zero-order valence-electron chi connectivity index (χ0n) is 16.7. The Kier molecular flexibility index (Phi) is 7.30. The predicted molar refractivity (Wildman–Crippen MR) is 116 cm³/mol. The second-order valence-corrected chi connectivity index (χ2v) is 7.92. The molecule has 152 valence electrons. The summed E-state index contributed by atoms with van der Waals surface area (Å²) in [7, 11) is 2.04. The molecule has 0 spiro atoms. The van der Waals surface area contributed by atoms with Crippen molar-refractivity contribution in [1.82, 2.24) is 24.6 Å². The number of nitrogens with one attached hydrogen (secondary N) is 1. The number of aliphatic imine (C=N–C) groups is 1.